The number of aromatic nitrogens is 1. The van der Waals surface area contributed by atoms with E-state index < -0.39 is 0 Å². The summed E-state index contributed by atoms with van der Waals surface area (Å²) in [6, 6.07) is 9.96. The summed E-state index contributed by atoms with van der Waals surface area (Å²) in [4.78, 5) is 15.7. The van der Waals surface area contributed by atoms with Gasteiger partial charge < -0.3 is 10.6 Å². The Morgan fingerprint density at radius 1 is 1.10 bits per heavy atom. The second-order valence-corrected chi connectivity index (χ2v) is 4.69. The molecule has 110 valence electrons. The molecule has 0 saturated carbocycles. The Balaban J connectivity index is 1.60. The quantitative estimate of drug-likeness (QED) is 0.766. The molecule has 0 aliphatic heterocycles. The largest absolute Gasteiger partial charge is 0.352 e. The number of hydrogen-bond acceptors (Lipinski definition) is 3. The van der Waals surface area contributed by atoms with Crippen molar-refractivity contribution < 1.29 is 9.18 Å². The molecular weight excluding hydrogens is 269 g/mol. The molecule has 0 radical (unpaired) electrons. The van der Waals surface area contributed by atoms with E-state index in [4.69, 9.17) is 0 Å². The van der Waals surface area contributed by atoms with Crippen LogP contribution in [0.5, 0.6) is 0 Å². The summed E-state index contributed by atoms with van der Waals surface area (Å²) in [6.07, 6.45) is 3.93. The lowest BCUT2D eigenvalue weighted by Crippen LogP contribution is -2.27. The fraction of sp³-hybridized carbons (Fsp3) is 0.250. The smallest absolute Gasteiger partial charge is 0.221 e. The van der Waals surface area contributed by atoms with Crippen LogP contribution in [-0.4, -0.2) is 17.4 Å². The number of pyridine rings is 1. The Kier molecular flexibility index (Phi) is 5.84. The molecule has 1 heterocycles. The molecule has 0 atom stereocenters. The average molecular weight is 287 g/mol. The number of rotatable bonds is 7. The highest BCUT2D eigenvalue weighted by Crippen LogP contribution is 2.02. The van der Waals surface area contributed by atoms with Crippen LogP contribution >= 0.6 is 0 Å². The van der Waals surface area contributed by atoms with E-state index in [1.165, 1.54) is 12.1 Å². The first-order valence-corrected chi connectivity index (χ1v) is 6.85. The predicted molar refractivity (Wildman–Crippen MR) is 78.8 cm³/mol. The van der Waals surface area contributed by atoms with Gasteiger partial charge in [-0.15, -0.1) is 0 Å². The van der Waals surface area contributed by atoms with E-state index in [2.05, 4.69) is 15.6 Å². The molecule has 0 bridgehead atoms. The lowest BCUT2D eigenvalue weighted by molar-refractivity contribution is -0.121. The molecule has 1 aromatic heterocycles. The molecule has 1 aromatic carbocycles. The van der Waals surface area contributed by atoms with Crippen molar-refractivity contribution in [3.05, 3.63) is 65.7 Å². The highest BCUT2D eigenvalue weighted by molar-refractivity contribution is 5.76. The van der Waals surface area contributed by atoms with Gasteiger partial charge in [-0.05, 0) is 29.3 Å². The van der Waals surface area contributed by atoms with Gasteiger partial charge in [-0.25, -0.2) is 4.39 Å². The van der Waals surface area contributed by atoms with Crippen LogP contribution in [0.1, 0.15) is 17.5 Å². The summed E-state index contributed by atoms with van der Waals surface area (Å²) < 4.78 is 12.7. The van der Waals surface area contributed by atoms with Crippen LogP contribution in [-0.2, 0) is 17.9 Å². The van der Waals surface area contributed by atoms with Crippen LogP contribution in [0.15, 0.2) is 48.8 Å². The molecule has 0 saturated heterocycles. The molecule has 4 nitrogen and oxygen atoms in total. The summed E-state index contributed by atoms with van der Waals surface area (Å²) in [6.45, 7) is 1.71. The third-order valence-electron chi connectivity index (χ3n) is 2.98. The minimum Gasteiger partial charge on any atom is -0.352 e. The summed E-state index contributed by atoms with van der Waals surface area (Å²) in [5.74, 6) is -0.303. The topological polar surface area (TPSA) is 54.0 Å². The maximum Gasteiger partial charge on any atom is 0.221 e. The van der Waals surface area contributed by atoms with Crippen LogP contribution in [0.4, 0.5) is 4.39 Å². The first-order chi connectivity index (χ1) is 10.2. The lowest BCUT2D eigenvalue weighted by Gasteiger charge is -2.06. The SMILES string of the molecule is O=C(CCNCc1cccnc1)NCc1ccc(F)cc1. The third-order valence-corrected chi connectivity index (χ3v) is 2.98. The van der Waals surface area contributed by atoms with Crippen LogP contribution < -0.4 is 10.6 Å². The first kappa shape index (κ1) is 15.1. The molecule has 0 unspecified atom stereocenters. The van der Waals surface area contributed by atoms with Gasteiger partial charge in [-0.1, -0.05) is 18.2 Å². The van der Waals surface area contributed by atoms with Gasteiger partial charge in [0.25, 0.3) is 0 Å². The van der Waals surface area contributed by atoms with Gasteiger partial charge in [-0.3, -0.25) is 9.78 Å². The van der Waals surface area contributed by atoms with Gasteiger partial charge in [0.05, 0.1) is 0 Å². The van der Waals surface area contributed by atoms with Crippen molar-refractivity contribution in [1.29, 1.82) is 0 Å². The zero-order valence-electron chi connectivity index (χ0n) is 11.7. The number of nitrogens with zero attached hydrogens (tertiary/aromatic N) is 1. The standard InChI is InChI=1S/C16H18FN3O/c17-15-5-3-13(4-6-15)12-20-16(21)7-9-19-11-14-2-1-8-18-10-14/h1-6,8,10,19H,7,9,11-12H2,(H,20,21). The molecule has 21 heavy (non-hydrogen) atoms. The number of amides is 1. The Morgan fingerprint density at radius 2 is 1.90 bits per heavy atom. The van der Waals surface area contributed by atoms with Gasteiger partial charge in [0.1, 0.15) is 5.82 Å². The molecular formula is C16H18FN3O. The van der Waals surface area contributed by atoms with E-state index in [1.54, 1.807) is 24.5 Å². The van der Waals surface area contributed by atoms with Crippen LogP contribution in [0.2, 0.25) is 0 Å². The van der Waals surface area contributed by atoms with Gasteiger partial charge >= 0.3 is 0 Å². The van der Waals surface area contributed by atoms with Crippen molar-refractivity contribution in [2.45, 2.75) is 19.5 Å². The molecule has 0 fully saturated rings. The second kappa shape index (κ2) is 8.11. The molecule has 2 aromatic rings. The first-order valence-electron chi connectivity index (χ1n) is 6.85. The fourth-order valence-corrected chi connectivity index (χ4v) is 1.83. The molecule has 2 rings (SSSR count). The minimum atomic E-state index is -0.273. The van der Waals surface area contributed by atoms with Crippen molar-refractivity contribution >= 4 is 5.91 Å². The van der Waals surface area contributed by atoms with Crippen molar-refractivity contribution in [3.63, 3.8) is 0 Å². The summed E-state index contributed by atoms with van der Waals surface area (Å²) in [7, 11) is 0. The van der Waals surface area contributed by atoms with Gasteiger partial charge in [-0.2, -0.15) is 0 Å². The van der Waals surface area contributed by atoms with Crippen LogP contribution in [0.3, 0.4) is 0 Å². The van der Waals surface area contributed by atoms with E-state index in [0.29, 0.717) is 26.1 Å². The summed E-state index contributed by atoms with van der Waals surface area (Å²) in [5.41, 5.74) is 1.97. The zero-order chi connectivity index (χ0) is 14.9. The molecule has 2 N–H and O–H groups in total. The lowest BCUT2D eigenvalue weighted by atomic mass is 10.2. The van der Waals surface area contributed by atoms with E-state index in [9.17, 15) is 9.18 Å². The molecule has 0 aliphatic rings. The number of nitrogens with one attached hydrogen (secondary N) is 2. The third kappa shape index (κ3) is 5.71. The maximum absolute atomic E-state index is 12.7. The van der Waals surface area contributed by atoms with Crippen molar-refractivity contribution in [3.8, 4) is 0 Å². The fourth-order valence-electron chi connectivity index (χ4n) is 1.83. The highest BCUT2D eigenvalue weighted by Gasteiger charge is 2.01. The summed E-state index contributed by atoms with van der Waals surface area (Å²) >= 11 is 0. The Hall–Kier alpha value is -2.27. The number of carbonyl (C=O) groups is 1. The van der Waals surface area contributed by atoms with E-state index in [-0.39, 0.29) is 11.7 Å². The van der Waals surface area contributed by atoms with E-state index in [1.807, 2.05) is 12.1 Å². The molecule has 0 aliphatic carbocycles. The van der Waals surface area contributed by atoms with Crippen LogP contribution in [0.25, 0.3) is 0 Å². The van der Waals surface area contributed by atoms with E-state index in [0.717, 1.165) is 11.1 Å². The maximum atomic E-state index is 12.7. The number of hydrogen-bond donors (Lipinski definition) is 2. The Morgan fingerprint density at radius 3 is 2.62 bits per heavy atom. The van der Waals surface area contributed by atoms with Gasteiger partial charge in [0, 0.05) is 38.4 Å². The minimum absolute atomic E-state index is 0.0296. The molecule has 1 amide bonds. The number of halogens is 1. The van der Waals surface area contributed by atoms with Crippen molar-refractivity contribution in [1.82, 2.24) is 15.6 Å². The average Bonchev–Trinajstić information content (AvgIpc) is 2.52. The zero-order valence-corrected chi connectivity index (χ0v) is 11.7. The van der Waals surface area contributed by atoms with Gasteiger partial charge in [0.2, 0.25) is 5.91 Å². The Bertz CT molecular complexity index is 557. The summed E-state index contributed by atoms with van der Waals surface area (Å²) in [5, 5.41) is 5.99. The van der Waals surface area contributed by atoms with Crippen LogP contribution in [0, 0.1) is 5.82 Å². The Labute approximate surface area is 123 Å². The van der Waals surface area contributed by atoms with Gasteiger partial charge in [0.15, 0.2) is 0 Å². The number of benzene rings is 1. The molecule has 0 spiro atoms. The van der Waals surface area contributed by atoms with Crippen molar-refractivity contribution in [2.24, 2.45) is 0 Å². The normalized spacial score (nSPS) is 10.3. The highest BCUT2D eigenvalue weighted by atomic mass is 19.1. The van der Waals surface area contributed by atoms with Crippen molar-refractivity contribution in [2.75, 3.05) is 6.54 Å². The monoisotopic (exact) mass is 287 g/mol. The molecule has 5 heteroatoms. The number of carbonyl (C=O) groups excluding carboxylic acids is 1. The van der Waals surface area contributed by atoms with E-state index >= 15 is 0 Å². The second-order valence-electron chi connectivity index (χ2n) is 4.69. The predicted octanol–water partition coefficient (Wildman–Crippen LogP) is 2.02.